The molecule has 2 aromatic carbocycles. The number of benzene rings is 2. The van der Waals surface area contributed by atoms with Crippen LogP contribution in [0.2, 0.25) is 0 Å². The topological polar surface area (TPSA) is 49.4 Å². The van der Waals surface area contributed by atoms with Gasteiger partial charge < -0.3 is 9.29 Å². The predicted molar refractivity (Wildman–Crippen MR) is 64.9 cm³/mol. The zero-order chi connectivity index (χ0) is 12.3. The maximum absolute atomic E-state index is 10.7. The van der Waals surface area contributed by atoms with Crippen LogP contribution < -0.4 is 4.74 Å². The molecule has 17 heavy (non-hydrogen) atoms. The van der Waals surface area contributed by atoms with E-state index in [2.05, 4.69) is 0 Å². The molecule has 0 N–H and O–H groups in total. The summed E-state index contributed by atoms with van der Waals surface area (Å²) in [6.45, 7) is 1.98. The Morgan fingerprint density at radius 2 is 1.76 bits per heavy atom. The van der Waals surface area contributed by atoms with Crippen molar-refractivity contribution in [3.05, 3.63) is 54.1 Å². The predicted octanol–water partition coefficient (Wildman–Crippen LogP) is 3.03. The molecule has 1 atom stereocenters. The Morgan fingerprint density at radius 1 is 1.06 bits per heavy atom. The van der Waals surface area contributed by atoms with E-state index in [9.17, 15) is 8.76 Å². The van der Waals surface area contributed by atoms with Gasteiger partial charge in [-0.1, -0.05) is 12.1 Å². The van der Waals surface area contributed by atoms with Gasteiger partial charge in [-0.25, -0.2) is 0 Å². The van der Waals surface area contributed by atoms with Gasteiger partial charge in [0, 0.05) is 4.90 Å². The number of aryl methyl sites for hydroxylation is 1. The summed E-state index contributed by atoms with van der Waals surface area (Å²) in [6.07, 6.45) is 0. The fourth-order valence-electron chi connectivity index (χ4n) is 1.43. The van der Waals surface area contributed by atoms with Gasteiger partial charge in [0.1, 0.15) is 11.5 Å². The average molecular weight is 247 g/mol. The van der Waals surface area contributed by atoms with Crippen molar-refractivity contribution in [3.8, 4) is 11.5 Å². The van der Waals surface area contributed by atoms with Crippen LogP contribution in [0, 0.1) is 6.92 Å². The van der Waals surface area contributed by atoms with E-state index in [1.165, 1.54) is 12.1 Å². The van der Waals surface area contributed by atoms with Gasteiger partial charge in [0.2, 0.25) is 0 Å². The molecule has 0 saturated heterocycles. The summed E-state index contributed by atoms with van der Waals surface area (Å²) in [5.74, 6) is 1.35. The number of rotatable bonds is 3. The fraction of sp³-hybridized carbons (Fsp3) is 0.0769. The van der Waals surface area contributed by atoms with Crippen molar-refractivity contribution in [2.75, 3.05) is 0 Å². The number of ether oxygens (including phenoxy) is 1. The minimum absolute atomic E-state index is 0.251. The molecule has 0 amide bonds. The van der Waals surface area contributed by atoms with Crippen molar-refractivity contribution in [2.24, 2.45) is 0 Å². The molecule has 2 rings (SSSR count). The zero-order valence-electron chi connectivity index (χ0n) is 9.25. The maximum Gasteiger partial charge on any atom is 0.127 e. The minimum atomic E-state index is -2.19. The number of hydrogen-bond donors (Lipinski definition) is 0. The van der Waals surface area contributed by atoms with Gasteiger partial charge in [0.05, 0.1) is 0 Å². The summed E-state index contributed by atoms with van der Waals surface area (Å²) >= 11 is -2.19. The van der Waals surface area contributed by atoms with Crippen LogP contribution in [0.4, 0.5) is 0 Å². The van der Waals surface area contributed by atoms with Gasteiger partial charge in [0.15, 0.2) is 0 Å². The molecule has 0 aromatic heterocycles. The monoisotopic (exact) mass is 247 g/mol. The zero-order valence-corrected chi connectivity index (χ0v) is 10.1. The van der Waals surface area contributed by atoms with Crippen LogP contribution in [0.3, 0.4) is 0 Å². The Bertz CT molecular complexity index is 535. The first-order valence-corrected chi connectivity index (χ1v) is 6.16. The minimum Gasteiger partial charge on any atom is -0.768 e. The van der Waals surface area contributed by atoms with E-state index >= 15 is 0 Å². The lowest BCUT2D eigenvalue weighted by atomic mass is 10.2. The van der Waals surface area contributed by atoms with E-state index < -0.39 is 11.1 Å². The van der Waals surface area contributed by atoms with Gasteiger partial charge in [-0.15, -0.1) is 0 Å². The van der Waals surface area contributed by atoms with Crippen molar-refractivity contribution in [1.29, 1.82) is 0 Å². The van der Waals surface area contributed by atoms with Crippen LogP contribution in [-0.2, 0) is 11.1 Å². The molecule has 0 bridgehead atoms. The summed E-state index contributed by atoms with van der Waals surface area (Å²) < 4.78 is 26.9. The summed E-state index contributed by atoms with van der Waals surface area (Å²) in [5, 5.41) is 0. The van der Waals surface area contributed by atoms with Crippen molar-refractivity contribution < 1.29 is 13.5 Å². The van der Waals surface area contributed by atoms with Crippen LogP contribution in [0.1, 0.15) is 5.56 Å². The van der Waals surface area contributed by atoms with Crippen molar-refractivity contribution in [3.63, 3.8) is 0 Å². The first kappa shape index (κ1) is 11.8. The largest absolute Gasteiger partial charge is 0.768 e. The average Bonchev–Trinajstić information content (AvgIpc) is 2.29. The molecule has 4 heteroatoms. The first-order chi connectivity index (χ1) is 8.15. The number of hydrogen-bond acceptors (Lipinski definition) is 3. The molecule has 0 spiro atoms. The molecular formula is C13H11O3S-. The molecule has 3 nitrogen and oxygen atoms in total. The molecule has 0 aliphatic rings. The third-order valence-corrected chi connectivity index (χ3v) is 2.90. The van der Waals surface area contributed by atoms with E-state index in [0.717, 1.165) is 11.3 Å². The lowest BCUT2D eigenvalue weighted by Crippen LogP contribution is -1.89. The molecule has 1 unspecified atom stereocenters. The molecule has 2 aromatic rings. The summed E-state index contributed by atoms with van der Waals surface area (Å²) in [7, 11) is 0. The lowest BCUT2D eigenvalue weighted by molar-refractivity contribution is 0.481. The molecule has 0 fully saturated rings. The van der Waals surface area contributed by atoms with Crippen LogP contribution >= 0.6 is 0 Å². The molecule has 88 valence electrons. The highest BCUT2D eigenvalue weighted by Crippen LogP contribution is 2.22. The Balaban J connectivity index is 2.16. The summed E-state index contributed by atoms with van der Waals surface area (Å²) in [6, 6.07) is 13.9. The van der Waals surface area contributed by atoms with Crippen molar-refractivity contribution in [2.45, 2.75) is 11.8 Å². The van der Waals surface area contributed by atoms with Gasteiger partial charge >= 0.3 is 0 Å². The highest BCUT2D eigenvalue weighted by molar-refractivity contribution is 7.79. The summed E-state index contributed by atoms with van der Waals surface area (Å²) in [4.78, 5) is 0.251. The normalized spacial score (nSPS) is 12.1. The smallest absolute Gasteiger partial charge is 0.127 e. The highest BCUT2D eigenvalue weighted by Gasteiger charge is 1.98. The second-order valence-corrected chi connectivity index (χ2v) is 4.57. The van der Waals surface area contributed by atoms with E-state index in [0.29, 0.717) is 5.75 Å². The SMILES string of the molecule is Cc1cccc(Oc2ccc(S(=O)[O-])cc2)c1. The highest BCUT2D eigenvalue weighted by atomic mass is 32.2. The quantitative estimate of drug-likeness (QED) is 0.783. The van der Waals surface area contributed by atoms with E-state index in [1.807, 2.05) is 31.2 Å². The van der Waals surface area contributed by atoms with Crippen molar-refractivity contribution >= 4 is 11.1 Å². The molecular weight excluding hydrogens is 236 g/mol. The lowest BCUT2D eigenvalue weighted by Gasteiger charge is -2.08. The van der Waals surface area contributed by atoms with Gasteiger partial charge in [0.25, 0.3) is 0 Å². The molecule has 0 aliphatic heterocycles. The van der Waals surface area contributed by atoms with Gasteiger partial charge in [-0.3, -0.25) is 4.21 Å². The van der Waals surface area contributed by atoms with E-state index in [-0.39, 0.29) is 4.90 Å². The van der Waals surface area contributed by atoms with Gasteiger partial charge in [-0.05, 0) is 60.0 Å². The molecule has 0 aliphatic carbocycles. The second-order valence-electron chi connectivity index (χ2n) is 3.62. The third-order valence-electron chi connectivity index (χ3n) is 2.24. The van der Waals surface area contributed by atoms with E-state index in [4.69, 9.17) is 4.74 Å². The molecule has 0 heterocycles. The van der Waals surface area contributed by atoms with Crippen LogP contribution in [0.5, 0.6) is 11.5 Å². The van der Waals surface area contributed by atoms with Gasteiger partial charge in [-0.2, -0.15) is 0 Å². The fourth-order valence-corrected chi connectivity index (χ4v) is 1.79. The maximum atomic E-state index is 10.7. The molecule has 0 saturated carbocycles. The Hall–Kier alpha value is -1.65. The van der Waals surface area contributed by atoms with Crippen LogP contribution in [0.25, 0.3) is 0 Å². The Labute approximate surface area is 102 Å². The van der Waals surface area contributed by atoms with Crippen molar-refractivity contribution in [1.82, 2.24) is 0 Å². The standard InChI is InChI=1S/C13H12O3S/c1-10-3-2-4-12(9-10)16-11-5-7-13(8-6-11)17(14)15/h2-9H,1H3,(H,14,15)/p-1. The third kappa shape index (κ3) is 3.15. The first-order valence-electron chi connectivity index (χ1n) is 5.09. The Kier molecular flexibility index (Phi) is 3.56. The molecule has 0 radical (unpaired) electrons. The van der Waals surface area contributed by atoms with Crippen LogP contribution in [-0.4, -0.2) is 8.76 Å². The Morgan fingerprint density at radius 3 is 2.35 bits per heavy atom. The summed E-state index contributed by atoms with van der Waals surface area (Å²) in [5.41, 5.74) is 1.11. The second kappa shape index (κ2) is 5.12. The van der Waals surface area contributed by atoms with E-state index in [1.54, 1.807) is 12.1 Å². The van der Waals surface area contributed by atoms with Crippen LogP contribution in [0.15, 0.2) is 53.4 Å².